The molecule has 1 aromatic carbocycles. The molecule has 1 heterocycles. The van der Waals surface area contributed by atoms with Crippen LogP contribution in [0.25, 0.3) is 0 Å². The Morgan fingerprint density at radius 3 is 1.57 bits per heavy atom. The summed E-state index contributed by atoms with van der Waals surface area (Å²) in [6.45, 7) is 7.98. The Morgan fingerprint density at radius 2 is 1.13 bits per heavy atom. The van der Waals surface area contributed by atoms with E-state index in [1.165, 1.54) is 5.56 Å². The van der Waals surface area contributed by atoms with Crippen LogP contribution in [0.4, 0.5) is 0 Å². The maximum atomic E-state index is 10.5. The smallest absolute Gasteiger partial charge is 0.0426 e. The van der Waals surface area contributed by atoms with Crippen molar-refractivity contribution >= 4 is 16.3 Å². The molecule has 0 aliphatic carbocycles. The van der Waals surface area contributed by atoms with Crippen molar-refractivity contribution in [2.24, 2.45) is 11.5 Å². The summed E-state index contributed by atoms with van der Waals surface area (Å²) in [4.78, 5) is 28.2. The van der Waals surface area contributed by atoms with E-state index in [4.69, 9.17) is 11.5 Å². The average Bonchev–Trinajstić information content (AvgIpc) is 2.84. The van der Waals surface area contributed by atoms with E-state index in [1.54, 1.807) is 0 Å². The molecule has 7 nitrogen and oxygen atoms in total. The lowest BCUT2D eigenvalue weighted by Gasteiger charge is -2.28. The van der Waals surface area contributed by atoms with Gasteiger partial charge in [-0.05, 0) is 43.8 Å². The van der Waals surface area contributed by atoms with Crippen molar-refractivity contribution in [3.8, 4) is 0 Å². The van der Waals surface area contributed by atoms with Gasteiger partial charge in [-0.15, -0.1) is 0 Å². The van der Waals surface area contributed by atoms with Gasteiger partial charge in [-0.2, -0.15) is 0 Å². The van der Waals surface area contributed by atoms with Crippen LogP contribution in [0.2, 0.25) is 0 Å². The molecule has 9 heteroatoms. The molecule has 2 rings (SSSR count). The number of nitrogens with zero attached hydrogens (tertiary/aromatic N) is 3. The van der Waals surface area contributed by atoms with E-state index in [0.717, 1.165) is 83.6 Å². The Morgan fingerprint density at radius 1 is 0.700 bits per heavy atom. The van der Waals surface area contributed by atoms with Crippen molar-refractivity contribution in [3.63, 3.8) is 0 Å². The van der Waals surface area contributed by atoms with Crippen molar-refractivity contribution in [1.82, 2.24) is 14.7 Å². The molecule has 30 heavy (non-hydrogen) atoms. The summed E-state index contributed by atoms with van der Waals surface area (Å²) < 4.78 is 0. The van der Waals surface area contributed by atoms with Crippen LogP contribution in [0.3, 0.4) is 0 Å². The predicted octanol–water partition coefficient (Wildman–Crippen LogP) is 1.50. The van der Waals surface area contributed by atoms with E-state index >= 15 is 0 Å². The fraction of sp³-hybridized carbons (Fsp3) is 0.714. The van der Waals surface area contributed by atoms with E-state index in [1.807, 2.05) is 0 Å². The molecule has 1 fully saturated rings. The Bertz CT molecular complexity index is 529. The SMILES string of the molecule is NCCCP(O)CN1CCN(Cc2ccccc2)CCN(CP(O)CCCN)CC1. The van der Waals surface area contributed by atoms with Gasteiger partial charge in [0.1, 0.15) is 0 Å². The van der Waals surface area contributed by atoms with Crippen molar-refractivity contribution in [2.75, 3.05) is 77.3 Å². The summed E-state index contributed by atoms with van der Waals surface area (Å²) in [6, 6.07) is 10.6. The number of hydrogen-bond acceptors (Lipinski definition) is 7. The Labute approximate surface area is 185 Å². The highest BCUT2D eigenvalue weighted by molar-refractivity contribution is 7.51. The minimum absolute atomic E-state index is 0.640. The molecule has 0 radical (unpaired) electrons. The second kappa shape index (κ2) is 15.6. The fourth-order valence-corrected chi connectivity index (χ4v) is 6.48. The van der Waals surface area contributed by atoms with Crippen LogP contribution in [-0.4, -0.2) is 102 Å². The van der Waals surface area contributed by atoms with Crippen LogP contribution in [-0.2, 0) is 6.54 Å². The van der Waals surface area contributed by atoms with Crippen molar-refractivity contribution < 1.29 is 9.79 Å². The highest BCUT2D eigenvalue weighted by Crippen LogP contribution is 2.33. The second-order valence-electron chi connectivity index (χ2n) is 8.03. The number of benzene rings is 1. The van der Waals surface area contributed by atoms with Crippen molar-refractivity contribution in [2.45, 2.75) is 19.4 Å². The van der Waals surface area contributed by atoms with E-state index in [9.17, 15) is 9.79 Å². The van der Waals surface area contributed by atoms with Gasteiger partial charge in [0.2, 0.25) is 0 Å². The molecule has 0 aromatic heterocycles. The topological polar surface area (TPSA) is 102 Å². The lowest BCUT2D eigenvalue weighted by Crippen LogP contribution is -2.36. The molecule has 172 valence electrons. The molecule has 1 aliphatic heterocycles. The summed E-state index contributed by atoms with van der Waals surface area (Å²) in [5.74, 6) is 0. The third-order valence-electron chi connectivity index (χ3n) is 5.41. The third-order valence-corrected chi connectivity index (χ3v) is 8.53. The zero-order valence-electron chi connectivity index (χ0n) is 18.3. The van der Waals surface area contributed by atoms with Crippen LogP contribution in [0.1, 0.15) is 18.4 Å². The third kappa shape index (κ3) is 10.9. The van der Waals surface area contributed by atoms with Gasteiger partial charge in [0, 0.05) is 74.7 Å². The standard InChI is InChI=1S/C21H41N5O2P2/c22-8-4-16-29(27)19-25-12-10-24(18-21-6-2-1-3-7-21)11-13-26(15-14-25)20-30(28)17-5-9-23/h1-3,6-7,27-28H,4-5,8-20,22-23H2. The first-order valence-corrected chi connectivity index (χ1v) is 14.4. The summed E-state index contributed by atoms with van der Waals surface area (Å²) in [5.41, 5.74) is 12.5. The summed E-state index contributed by atoms with van der Waals surface area (Å²) in [7, 11) is -1.98. The molecule has 0 bridgehead atoms. The first-order chi connectivity index (χ1) is 14.6. The summed E-state index contributed by atoms with van der Waals surface area (Å²) in [5, 5.41) is 0. The van der Waals surface area contributed by atoms with Gasteiger partial charge in [0.05, 0.1) is 0 Å². The molecule has 6 N–H and O–H groups in total. The first kappa shape index (κ1) is 26.1. The van der Waals surface area contributed by atoms with Crippen molar-refractivity contribution in [3.05, 3.63) is 35.9 Å². The van der Waals surface area contributed by atoms with Crippen LogP contribution in [0.15, 0.2) is 30.3 Å². The van der Waals surface area contributed by atoms with E-state index < -0.39 is 16.3 Å². The molecule has 2 atom stereocenters. The second-order valence-corrected chi connectivity index (χ2v) is 11.5. The number of hydrogen-bond donors (Lipinski definition) is 4. The zero-order valence-corrected chi connectivity index (χ0v) is 20.1. The number of nitrogens with two attached hydrogens (primary N) is 2. The van der Waals surface area contributed by atoms with Gasteiger partial charge in [0.15, 0.2) is 0 Å². The summed E-state index contributed by atoms with van der Waals surface area (Å²) in [6.07, 6.45) is 4.92. The highest BCUT2D eigenvalue weighted by atomic mass is 31.1. The van der Waals surface area contributed by atoms with Crippen molar-refractivity contribution in [1.29, 1.82) is 0 Å². The molecule has 1 aliphatic rings. The van der Waals surface area contributed by atoms with E-state index in [-0.39, 0.29) is 0 Å². The first-order valence-electron chi connectivity index (χ1n) is 11.1. The lowest BCUT2D eigenvalue weighted by atomic mass is 10.2. The van der Waals surface area contributed by atoms with Gasteiger partial charge in [-0.3, -0.25) is 14.7 Å². The molecule has 0 saturated carbocycles. The minimum atomic E-state index is -0.990. The van der Waals surface area contributed by atoms with Gasteiger partial charge in [-0.25, -0.2) is 0 Å². The summed E-state index contributed by atoms with van der Waals surface area (Å²) >= 11 is 0. The van der Waals surface area contributed by atoms with Gasteiger partial charge in [-0.1, -0.05) is 30.3 Å². The largest absolute Gasteiger partial charge is 0.373 e. The van der Waals surface area contributed by atoms with Gasteiger partial charge in [0.25, 0.3) is 0 Å². The average molecular weight is 458 g/mol. The molecule has 1 aromatic rings. The van der Waals surface area contributed by atoms with Crippen LogP contribution in [0, 0.1) is 0 Å². The zero-order chi connectivity index (χ0) is 21.6. The lowest BCUT2D eigenvalue weighted by molar-refractivity contribution is 0.223. The Kier molecular flexibility index (Phi) is 13.5. The predicted molar refractivity (Wildman–Crippen MR) is 130 cm³/mol. The molecular formula is C21H41N5O2P2. The normalized spacial score (nSPS) is 19.7. The van der Waals surface area contributed by atoms with E-state index in [2.05, 4.69) is 45.0 Å². The van der Waals surface area contributed by atoms with E-state index in [0.29, 0.717) is 13.1 Å². The highest BCUT2D eigenvalue weighted by Gasteiger charge is 2.20. The van der Waals surface area contributed by atoms with Gasteiger partial charge < -0.3 is 21.3 Å². The van der Waals surface area contributed by atoms with Crippen LogP contribution in [0.5, 0.6) is 0 Å². The monoisotopic (exact) mass is 457 g/mol. The fourth-order valence-electron chi connectivity index (χ4n) is 3.62. The van der Waals surface area contributed by atoms with Crippen LogP contribution < -0.4 is 11.5 Å². The maximum absolute atomic E-state index is 10.5. The molecule has 1 saturated heterocycles. The molecule has 0 amide bonds. The van der Waals surface area contributed by atoms with Gasteiger partial charge >= 0.3 is 0 Å². The molecule has 2 unspecified atom stereocenters. The quantitative estimate of drug-likeness (QED) is 0.353. The Balaban J connectivity index is 1.98. The molecule has 0 spiro atoms. The van der Waals surface area contributed by atoms with Crippen LogP contribution >= 0.6 is 16.3 Å². The minimum Gasteiger partial charge on any atom is -0.373 e. The maximum Gasteiger partial charge on any atom is 0.0426 e. The Hall–Kier alpha value is -0.200. The molecular weight excluding hydrogens is 416 g/mol. The number of rotatable bonds is 12.